The van der Waals surface area contributed by atoms with E-state index < -0.39 is 9.85 Å². The standard InChI is InChI=1S/C16H13N5O4/c22-20(23)13-6-7-14(15(10-13)21(24)25)17-16-8-9-19(18-16)11-12-4-2-1-3-5-12/h1-10H,11H2,(H,17,18). The Labute approximate surface area is 141 Å². The van der Waals surface area contributed by atoms with E-state index in [1.165, 1.54) is 12.1 Å². The molecular weight excluding hydrogens is 326 g/mol. The molecule has 25 heavy (non-hydrogen) atoms. The number of hydrogen-bond acceptors (Lipinski definition) is 6. The number of nitro groups is 2. The zero-order valence-corrected chi connectivity index (χ0v) is 12.9. The van der Waals surface area contributed by atoms with Gasteiger partial charge in [-0.25, -0.2) is 0 Å². The van der Waals surface area contributed by atoms with Crippen LogP contribution in [0.2, 0.25) is 0 Å². The van der Waals surface area contributed by atoms with Gasteiger partial charge in [-0.05, 0) is 11.6 Å². The lowest BCUT2D eigenvalue weighted by atomic mass is 10.2. The SMILES string of the molecule is O=[N+]([O-])c1ccc(Nc2ccn(Cc3ccccc3)n2)c([N+](=O)[O-])c1. The molecule has 2 aromatic carbocycles. The predicted molar refractivity (Wildman–Crippen MR) is 90.8 cm³/mol. The maximum absolute atomic E-state index is 11.2. The summed E-state index contributed by atoms with van der Waals surface area (Å²) in [6, 6.07) is 14.8. The minimum Gasteiger partial charge on any atom is -0.333 e. The summed E-state index contributed by atoms with van der Waals surface area (Å²) >= 11 is 0. The Morgan fingerprint density at radius 2 is 1.76 bits per heavy atom. The maximum Gasteiger partial charge on any atom is 0.299 e. The van der Waals surface area contributed by atoms with Crippen LogP contribution < -0.4 is 5.32 Å². The number of nitro benzene ring substituents is 2. The van der Waals surface area contributed by atoms with Crippen molar-refractivity contribution in [1.82, 2.24) is 9.78 Å². The van der Waals surface area contributed by atoms with Crippen molar-refractivity contribution in [3.8, 4) is 0 Å². The van der Waals surface area contributed by atoms with Gasteiger partial charge in [0.1, 0.15) is 5.69 Å². The topological polar surface area (TPSA) is 116 Å². The molecule has 3 aromatic rings. The van der Waals surface area contributed by atoms with Crippen molar-refractivity contribution in [3.63, 3.8) is 0 Å². The van der Waals surface area contributed by atoms with Gasteiger partial charge >= 0.3 is 0 Å². The molecule has 1 N–H and O–H groups in total. The van der Waals surface area contributed by atoms with Crippen molar-refractivity contribution in [2.75, 3.05) is 5.32 Å². The monoisotopic (exact) mass is 339 g/mol. The average Bonchev–Trinajstić information content (AvgIpc) is 3.02. The fraction of sp³-hybridized carbons (Fsp3) is 0.0625. The van der Waals surface area contributed by atoms with E-state index in [1.807, 2.05) is 30.3 Å². The van der Waals surface area contributed by atoms with Crippen molar-refractivity contribution in [1.29, 1.82) is 0 Å². The van der Waals surface area contributed by atoms with Crippen LogP contribution >= 0.6 is 0 Å². The lowest BCUT2D eigenvalue weighted by Crippen LogP contribution is -2.02. The van der Waals surface area contributed by atoms with Gasteiger partial charge in [0.2, 0.25) is 0 Å². The van der Waals surface area contributed by atoms with Crippen LogP contribution in [0.4, 0.5) is 22.9 Å². The lowest BCUT2D eigenvalue weighted by Gasteiger charge is -2.05. The van der Waals surface area contributed by atoms with Crippen molar-refractivity contribution in [2.45, 2.75) is 6.54 Å². The third-order valence-corrected chi connectivity index (χ3v) is 3.48. The predicted octanol–water partition coefficient (Wildman–Crippen LogP) is 3.49. The Kier molecular flexibility index (Phi) is 4.38. The highest BCUT2D eigenvalue weighted by molar-refractivity contribution is 5.70. The largest absolute Gasteiger partial charge is 0.333 e. The summed E-state index contributed by atoms with van der Waals surface area (Å²) in [5.41, 5.74) is 0.484. The molecule has 0 aliphatic rings. The maximum atomic E-state index is 11.2. The number of rotatable bonds is 6. The molecule has 0 saturated carbocycles. The number of nitrogens with zero attached hydrogens (tertiary/aromatic N) is 4. The fourth-order valence-electron chi connectivity index (χ4n) is 2.32. The van der Waals surface area contributed by atoms with E-state index in [0.717, 1.165) is 11.6 Å². The van der Waals surface area contributed by atoms with Crippen molar-refractivity contribution in [2.24, 2.45) is 0 Å². The Balaban J connectivity index is 1.81. The second-order valence-corrected chi connectivity index (χ2v) is 5.22. The van der Waals surface area contributed by atoms with Crippen LogP contribution in [0.3, 0.4) is 0 Å². The number of benzene rings is 2. The van der Waals surface area contributed by atoms with Gasteiger partial charge in [-0.2, -0.15) is 5.10 Å². The number of aromatic nitrogens is 2. The molecule has 0 bridgehead atoms. The first-order chi connectivity index (χ1) is 12.0. The van der Waals surface area contributed by atoms with Gasteiger partial charge < -0.3 is 5.32 Å². The summed E-state index contributed by atoms with van der Waals surface area (Å²) in [4.78, 5) is 20.6. The van der Waals surface area contributed by atoms with Gasteiger partial charge in [0, 0.05) is 18.3 Å². The molecule has 3 rings (SSSR count). The highest BCUT2D eigenvalue weighted by Gasteiger charge is 2.20. The van der Waals surface area contributed by atoms with Crippen LogP contribution in [0.1, 0.15) is 5.56 Å². The molecule has 1 heterocycles. The smallest absolute Gasteiger partial charge is 0.299 e. The van der Waals surface area contributed by atoms with Crippen LogP contribution in [0.25, 0.3) is 0 Å². The fourth-order valence-corrected chi connectivity index (χ4v) is 2.32. The van der Waals surface area contributed by atoms with Crippen LogP contribution in [-0.4, -0.2) is 19.6 Å². The molecule has 9 nitrogen and oxygen atoms in total. The van der Waals surface area contributed by atoms with Crippen LogP contribution in [0.5, 0.6) is 0 Å². The van der Waals surface area contributed by atoms with Gasteiger partial charge in [-0.3, -0.25) is 24.9 Å². The molecule has 0 saturated heterocycles. The van der Waals surface area contributed by atoms with Gasteiger partial charge in [0.15, 0.2) is 5.82 Å². The molecule has 0 spiro atoms. The van der Waals surface area contributed by atoms with E-state index in [9.17, 15) is 20.2 Å². The number of anilines is 2. The number of non-ortho nitro benzene ring substituents is 1. The summed E-state index contributed by atoms with van der Waals surface area (Å²) in [5, 5.41) is 29.1. The molecule has 0 amide bonds. The summed E-state index contributed by atoms with van der Waals surface area (Å²) in [7, 11) is 0. The van der Waals surface area contributed by atoms with Gasteiger partial charge in [-0.1, -0.05) is 30.3 Å². The molecule has 0 aliphatic heterocycles. The van der Waals surface area contributed by atoms with Crippen molar-refractivity contribution < 1.29 is 9.85 Å². The Morgan fingerprint density at radius 1 is 1.00 bits per heavy atom. The third-order valence-electron chi connectivity index (χ3n) is 3.48. The number of nitrogens with one attached hydrogen (secondary N) is 1. The molecule has 0 radical (unpaired) electrons. The summed E-state index contributed by atoms with van der Waals surface area (Å²) in [6.07, 6.45) is 1.74. The first-order valence-corrected chi connectivity index (χ1v) is 7.30. The van der Waals surface area contributed by atoms with E-state index >= 15 is 0 Å². The summed E-state index contributed by atoms with van der Waals surface area (Å²) in [6.45, 7) is 0.560. The normalized spacial score (nSPS) is 10.4. The summed E-state index contributed by atoms with van der Waals surface area (Å²) < 4.78 is 1.69. The van der Waals surface area contributed by atoms with Gasteiger partial charge in [0.05, 0.1) is 22.5 Å². The molecular formula is C16H13N5O4. The Bertz CT molecular complexity index is 923. The van der Waals surface area contributed by atoms with Crippen LogP contribution in [0.15, 0.2) is 60.8 Å². The van der Waals surface area contributed by atoms with Crippen LogP contribution in [-0.2, 0) is 6.54 Å². The first kappa shape index (κ1) is 16.1. The Morgan fingerprint density at radius 3 is 2.44 bits per heavy atom. The minimum atomic E-state index is -0.675. The first-order valence-electron chi connectivity index (χ1n) is 7.30. The quantitative estimate of drug-likeness (QED) is 0.543. The number of hydrogen-bond donors (Lipinski definition) is 1. The van der Waals surface area contributed by atoms with E-state index in [0.29, 0.717) is 12.4 Å². The summed E-state index contributed by atoms with van der Waals surface area (Å²) in [5.74, 6) is 0.410. The average molecular weight is 339 g/mol. The van der Waals surface area contributed by atoms with Gasteiger partial charge in [0.25, 0.3) is 11.4 Å². The second kappa shape index (κ2) is 6.79. The Hall–Kier alpha value is -3.75. The highest BCUT2D eigenvalue weighted by Crippen LogP contribution is 2.30. The molecule has 0 fully saturated rings. The second-order valence-electron chi connectivity index (χ2n) is 5.22. The zero-order chi connectivity index (χ0) is 17.8. The molecule has 0 atom stereocenters. The lowest BCUT2D eigenvalue weighted by molar-refractivity contribution is -0.393. The molecule has 0 unspecified atom stereocenters. The molecule has 126 valence electrons. The minimum absolute atomic E-state index is 0.139. The van der Waals surface area contributed by atoms with Crippen molar-refractivity contribution in [3.05, 3.63) is 86.6 Å². The van der Waals surface area contributed by atoms with E-state index in [1.54, 1.807) is 16.9 Å². The van der Waals surface area contributed by atoms with E-state index in [4.69, 9.17) is 0 Å². The van der Waals surface area contributed by atoms with E-state index in [-0.39, 0.29) is 17.1 Å². The van der Waals surface area contributed by atoms with Crippen molar-refractivity contribution >= 4 is 22.9 Å². The molecule has 9 heteroatoms. The zero-order valence-electron chi connectivity index (χ0n) is 12.9. The van der Waals surface area contributed by atoms with E-state index in [2.05, 4.69) is 10.4 Å². The molecule has 1 aromatic heterocycles. The third kappa shape index (κ3) is 3.78. The highest BCUT2D eigenvalue weighted by atomic mass is 16.6. The molecule has 0 aliphatic carbocycles. The van der Waals surface area contributed by atoms with Gasteiger partial charge in [-0.15, -0.1) is 0 Å². The van der Waals surface area contributed by atoms with Crippen LogP contribution in [0, 0.1) is 20.2 Å².